The van der Waals surface area contributed by atoms with Gasteiger partial charge in [0.15, 0.2) is 0 Å². The molecular formula is C17H13N3O3. The van der Waals surface area contributed by atoms with E-state index in [4.69, 9.17) is 9.15 Å². The highest BCUT2D eigenvalue weighted by Crippen LogP contribution is 2.36. The lowest BCUT2D eigenvalue weighted by molar-refractivity contribution is 0.114. The van der Waals surface area contributed by atoms with E-state index in [2.05, 4.69) is 15.3 Å². The van der Waals surface area contributed by atoms with Crippen LogP contribution in [0.25, 0.3) is 11.1 Å². The van der Waals surface area contributed by atoms with Gasteiger partial charge in [0.2, 0.25) is 12.0 Å². The smallest absolute Gasteiger partial charge is 0.408 e. The summed E-state index contributed by atoms with van der Waals surface area (Å²) in [4.78, 5) is 20.0. The van der Waals surface area contributed by atoms with Gasteiger partial charge < -0.3 is 14.5 Å². The SMILES string of the molecule is O=C1N[C@H](c2cncc(-c3ccccc3)c2)[C@@H](c2ncco2)O1. The number of hydrogen-bond donors (Lipinski definition) is 1. The Balaban J connectivity index is 1.71. The Morgan fingerprint density at radius 3 is 2.74 bits per heavy atom. The number of alkyl carbamates (subject to hydrolysis) is 1. The molecule has 1 saturated heterocycles. The second-order valence-corrected chi connectivity index (χ2v) is 5.19. The number of pyridine rings is 1. The Morgan fingerprint density at radius 1 is 1.09 bits per heavy atom. The van der Waals surface area contributed by atoms with E-state index in [0.29, 0.717) is 5.89 Å². The Bertz CT molecular complexity index is 818. The average Bonchev–Trinajstić information content (AvgIpc) is 3.25. The number of carbonyl (C=O) groups excluding carboxylic acids is 1. The fourth-order valence-corrected chi connectivity index (χ4v) is 2.66. The molecule has 0 bridgehead atoms. The van der Waals surface area contributed by atoms with Gasteiger partial charge in [0.1, 0.15) is 12.3 Å². The van der Waals surface area contributed by atoms with Crippen molar-refractivity contribution in [2.45, 2.75) is 12.1 Å². The molecule has 4 rings (SSSR count). The molecule has 1 fully saturated rings. The van der Waals surface area contributed by atoms with E-state index in [9.17, 15) is 4.79 Å². The minimum Gasteiger partial charge on any atom is -0.445 e. The fourth-order valence-electron chi connectivity index (χ4n) is 2.66. The molecule has 2 aromatic heterocycles. The first-order chi connectivity index (χ1) is 11.3. The summed E-state index contributed by atoms with van der Waals surface area (Å²) in [6.07, 6.45) is 5.38. The van der Waals surface area contributed by atoms with Crippen LogP contribution in [0.15, 0.2) is 65.7 Å². The number of oxazole rings is 1. The highest BCUT2D eigenvalue weighted by molar-refractivity contribution is 5.71. The lowest BCUT2D eigenvalue weighted by Gasteiger charge is -2.15. The van der Waals surface area contributed by atoms with Gasteiger partial charge in [0.25, 0.3) is 0 Å². The van der Waals surface area contributed by atoms with Crippen molar-refractivity contribution in [1.82, 2.24) is 15.3 Å². The lowest BCUT2D eigenvalue weighted by Crippen LogP contribution is -2.19. The van der Waals surface area contributed by atoms with Crippen LogP contribution in [0.4, 0.5) is 4.79 Å². The molecule has 0 radical (unpaired) electrons. The Hall–Kier alpha value is -3.15. The van der Waals surface area contributed by atoms with Crippen LogP contribution in [0.5, 0.6) is 0 Å². The normalized spacial score (nSPS) is 20.1. The summed E-state index contributed by atoms with van der Waals surface area (Å²) < 4.78 is 10.6. The van der Waals surface area contributed by atoms with Gasteiger partial charge >= 0.3 is 6.09 Å². The number of hydrogen-bond acceptors (Lipinski definition) is 5. The maximum atomic E-state index is 11.7. The van der Waals surface area contributed by atoms with E-state index in [-0.39, 0.29) is 0 Å². The molecule has 6 heteroatoms. The zero-order valence-corrected chi connectivity index (χ0v) is 12.0. The quantitative estimate of drug-likeness (QED) is 0.803. The summed E-state index contributed by atoms with van der Waals surface area (Å²) in [6, 6.07) is 11.5. The summed E-state index contributed by atoms with van der Waals surface area (Å²) in [7, 11) is 0. The summed E-state index contributed by atoms with van der Waals surface area (Å²) in [5.74, 6) is 0.360. The Kier molecular flexibility index (Phi) is 3.27. The maximum Gasteiger partial charge on any atom is 0.408 e. The molecule has 0 aliphatic carbocycles. The highest BCUT2D eigenvalue weighted by atomic mass is 16.6. The summed E-state index contributed by atoms with van der Waals surface area (Å²) in [5, 5.41) is 2.79. The molecule has 1 N–H and O–H groups in total. The first kappa shape index (κ1) is 13.5. The summed E-state index contributed by atoms with van der Waals surface area (Å²) in [5.41, 5.74) is 2.86. The van der Waals surface area contributed by atoms with Gasteiger partial charge in [-0.15, -0.1) is 0 Å². The first-order valence-electron chi connectivity index (χ1n) is 7.18. The van der Waals surface area contributed by atoms with E-state index in [0.717, 1.165) is 16.7 Å². The van der Waals surface area contributed by atoms with Gasteiger partial charge in [-0.2, -0.15) is 0 Å². The number of nitrogens with one attached hydrogen (secondary N) is 1. The number of aromatic nitrogens is 2. The second-order valence-electron chi connectivity index (χ2n) is 5.19. The number of carbonyl (C=O) groups is 1. The maximum absolute atomic E-state index is 11.7. The number of cyclic esters (lactones) is 1. The highest BCUT2D eigenvalue weighted by Gasteiger charge is 2.39. The van der Waals surface area contributed by atoms with E-state index < -0.39 is 18.2 Å². The third-order valence-electron chi connectivity index (χ3n) is 3.73. The second kappa shape index (κ2) is 5.57. The topological polar surface area (TPSA) is 77.3 Å². The van der Waals surface area contributed by atoms with Crippen molar-refractivity contribution in [1.29, 1.82) is 0 Å². The minimum atomic E-state index is -0.606. The first-order valence-corrected chi connectivity index (χ1v) is 7.18. The number of rotatable bonds is 3. The van der Waals surface area contributed by atoms with Crippen molar-refractivity contribution in [3.8, 4) is 11.1 Å². The van der Waals surface area contributed by atoms with Crippen LogP contribution in [-0.2, 0) is 4.74 Å². The molecule has 0 unspecified atom stereocenters. The molecule has 2 atom stereocenters. The van der Waals surface area contributed by atoms with E-state index >= 15 is 0 Å². The number of benzene rings is 1. The van der Waals surface area contributed by atoms with Crippen LogP contribution in [0.2, 0.25) is 0 Å². The van der Waals surface area contributed by atoms with Crippen molar-refractivity contribution in [2.75, 3.05) is 0 Å². The van der Waals surface area contributed by atoms with Crippen molar-refractivity contribution < 1.29 is 13.9 Å². The van der Waals surface area contributed by atoms with Gasteiger partial charge in [-0.25, -0.2) is 9.78 Å². The van der Waals surface area contributed by atoms with Gasteiger partial charge in [-0.3, -0.25) is 4.98 Å². The van der Waals surface area contributed by atoms with E-state index in [1.54, 1.807) is 12.4 Å². The molecular weight excluding hydrogens is 294 g/mol. The molecule has 23 heavy (non-hydrogen) atoms. The van der Waals surface area contributed by atoms with Gasteiger partial charge in [0, 0.05) is 18.0 Å². The minimum absolute atomic E-state index is 0.360. The van der Waals surface area contributed by atoms with E-state index in [1.165, 1.54) is 12.5 Å². The van der Waals surface area contributed by atoms with Crippen molar-refractivity contribution in [3.05, 3.63) is 72.7 Å². The van der Waals surface area contributed by atoms with Crippen LogP contribution >= 0.6 is 0 Å². The molecule has 3 heterocycles. The Labute approximate surface area is 132 Å². The van der Waals surface area contributed by atoms with Gasteiger partial charge in [-0.1, -0.05) is 30.3 Å². The van der Waals surface area contributed by atoms with Crippen molar-refractivity contribution in [2.24, 2.45) is 0 Å². The van der Waals surface area contributed by atoms with Crippen molar-refractivity contribution >= 4 is 6.09 Å². The predicted molar refractivity (Wildman–Crippen MR) is 81.3 cm³/mol. The zero-order chi connectivity index (χ0) is 15.6. The van der Waals surface area contributed by atoms with Gasteiger partial charge in [0.05, 0.1) is 6.20 Å². The third kappa shape index (κ3) is 2.55. The molecule has 0 saturated carbocycles. The van der Waals surface area contributed by atoms with Crippen LogP contribution in [0.1, 0.15) is 23.6 Å². The number of nitrogens with zero attached hydrogens (tertiary/aromatic N) is 2. The fraction of sp³-hybridized carbons (Fsp3) is 0.118. The molecule has 1 aromatic carbocycles. The molecule has 1 aliphatic rings. The lowest BCUT2D eigenvalue weighted by atomic mass is 10.00. The zero-order valence-electron chi connectivity index (χ0n) is 12.0. The largest absolute Gasteiger partial charge is 0.445 e. The molecule has 6 nitrogen and oxygen atoms in total. The van der Waals surface area contributed by atoms with Crippen LogP contribution < -0.4 is 5.32 Å². The molecule has 0 spiro atoms. The molecule has 3 aromatic rings. The van der Waals surface area contributed by atoms with Gasteiger partial charge in [-0.05, 0) is 17.2 Å². The molecule has 1 aliphatic heterocycles. The predicted octanol–water partition coefficient (Wildman–Crippen LogP) is 3.26. The van der Waals surface area contributed by atoms with Crippen LogP contribution in [-0.4, -0.2) is 16.1 Å². The van der Waals surface area contributed by atoms with E-state index in [1.807, 2.05) is 36.4 Å². The van der Waals surface area contributed by atoms with Crippen LogP contribution in [0.3, 0.4) is 0 Å². The van der Waals surface area contributed by atoms with Crippen LogP contribution in [0, 0.1) is 0 Å². The molecule has 114 valence electrons. The standard InChI is InChI=1S/C17H13N3O3/c21-17-20-14(15(23-17)16-19-6-7-22-16)13-8-12(9-18-10-13)11-4-2-1-3-5-11/h1-10,14-15H,(H,20,21)/t14-,15+/m1/s1. The van der Waals surface area contributed by atoms with Crippen molar-refractivity contribution in [3.63, 3.8) is 0 Å². The number of ether oxygens (including phenoxy) is 1. The summed E-state index contributed by atoms with van der Waals surface area (Å²) >= 11 is 0. The Morgan fingerprint density at radius 2 is 1.96 bits per heavy atom. The average molecular weight is 307 g/mol. The molecule has 1 amide bonds. The monoisotopic (exact) mass is 307 g/mol. The third-order valence-corrected chi connectivity index (χ3v) is 3.73. The number of amides is 1. The summed E-state index contributed by atoms with van der Waals surface area (Å²) in [6.45, 7) is 0.